The first-order valence-corrected chi connectivity index (χ1v) is 10.7. The number of carboxylic acids is 1. The molecule has 1 saturated heterocycles. The van der Waals surface area contributed by atoms with Crippen molar-refractivity contribution in [2.24, 2.45) is 0 Å². The molecule has 0 spiro atoms. The van der Waals surface area contributed by atoms with Gasteiger partial charge in [-0.1, -0.05) is 0 Å². The van der Waals surface area contributed by atoms with Crippen LogP contribution in [-0.2, 0) is 4.74 Å². The van der Waals surface area contributed by atoms with Gasteiger partial charge in [-0.15, -0.1) is 5.10 Å². The van der Waals surface area contributed by atoms with E-state index in [1.165, 1.54) is 17.2 Å². The van der Waals surface area contributed by atoms with Crippen LogP contribution >= 0.6 is 0 Å². The van der Waals surface area contributed by atoms with Crippen molar-refractivity contribution in [3.8, 4) is 22.6 Å². The van der Waals surface area contributed by atoms with Gasteiger partial charge in [-0.25, -0.2) is 14.5 Å². The number of hydrogen-bond acceptors (Lipinski definition) is 11. The van der Waals surface area contributed by atoms with Crippen LogP contribution < -0.4 is 15.0 Å². The number of anilines is 3. The number of rotatable bonds is 7. The molecule has 0 atom stereocenters. The number of aromatic nitrogens is 7. The summed E-state index contributed by atoms with van der Waals surface area (Å²) < 4.78 is 12.4. The summed E-state index contributed by atoms with van der Waals surface area (Å²) >= 11 is 0. The first-order valence-electron chi connectivity index (χ1n) is 10.7. The van der Waals surface area contributed by atoms with Gasteiger partial charge in [-0.2, -0.15) is 4.98 Å². The zero-order chi connectivity index (χ0) is 24.2. The SMILES string of the molecule is COc1cc(Nc2ncc(-c3cncc(C(=O)O)c3)c(N3CCOCC3)n2)cc(-n2cnnn2)c1. The number of nitrogens with zero attached hydrogens (tertiary/aromatic N) is 8. The fourth-order valence-corrected chi connectivity index (χ4v) is 3.67. The van der Waals surface area contributed by atoms with E-state index in [2.05, 4.69) is 35.7 Å². The molecule has 0 radical (unpaired) electrons. The van der Waals surface area contributed by atoms with E-state index in [-0.39, 0.29) is 5.56 Å². The maximum absolute atomic E-state index is 11.5. The molecule has 178 valence electrons. The molecule has 13 heteroatoms. The van der Waals surface area contributed by atoms with E-state index in [1.807, 2.05) is 6.07 Å². The highest BCUT2D eigenvalue weighted by Crippen LogP contribution is 2.32. The van der Waals surface area contributed by atoms with Crippen LogP contribution in [0.15, 0.2) is 49.2 Å². The molecule has 1 aromatic carbocycles. The molecule has 13 nitrogen and oxygen atoms in total. The Balaban J connectivity index is 1.53. The van der Waals surface area contributed by atoms with E-state index in [9.17, 15) is 9.90 Å². The van der Waals surface area contributed by atoms with Crippen molar-refractivity contribution in [1.82, 2.24) is 35.2 Å². The molecule has 1 aliphatic rings. The Kier molecular flexibility index (Phi) is 6.13. The van der Waals surface area contributed by atoms with E-state index in [4.69, 9.17) is 14.5 Å². The van der Waals surface area contributed by atoms with Crippen LogP contribution in [0, 0.1) is 0 Å². The molecule has 4 heterocycles. The molecule has 0 unspecified atom stereocenters. The van der Waals surface area contributed by atoms with Crippen molar-refractivity contribution in [3.63, 3.8) is 0 Å². The third kappa shape index (κ3) is 4.84. The maximum atomic E-state index is 11.5. The third-order valence-electron chi connectivity index (χ3n) is 5.37. The number of carbonyl (C=O) groups is 1. The van der Waals surface area contributed by atoms with E-state index >= 15 is 0 Å². The predicted molar refractivity (Wildman–Crippen MR) is 124 cm³/mol. The van der Waals surface area contributed by atoms with Gasteiger partial charge in [-0.3, -0.25) is 4.98 Å². The highest BCUT2D eigenvalue weighted by Gasteiger charge is 2.20. The number of pyridine rings is 1. The van der Waals surface area contributed by atoms with Crippen molar-refractivity contribution >= 4 is 23.4 Å². The Morgan fingerprint density at radius 1 is 1.14 bits per heavy atom. The second-order valence-electron chi connectivity index (χ2n) is 7.60. The molecular weight excluding hydrogens is 454 g/mol. The molecule has 1 fully saturated rings. The van der Waals surface area contributed by atoms with Crippen LogP contribution in [0.25, 0.3) is 16.8 Å². The number of ether oxygens (including phenoxy) is 2. The predicted octanol–water partition coefficient (Wildman–Crippen LogP) is 1.80. The first kappa shape index (κ1) is 22.2. The van der Waals surface area contributed by atoms with Gasteiger partial charge in [0.05, 0.1) is 31.6 Å². The lowest BCUT2D eigenvalue weighted by atomic mass is 10.1. The molecule has 0 saturated carbocycles. The summed E-state index contributed by atoms with van der Waals surface area (Å²) in [4.78, 5) is 26.9. The number of aromatic carboxylic acids is 1. The highest BCUT2D eigenvalue weighted by molar-refractivity contribution is 5.89. The van der Waals surface area contributed by atoms with Crippen LogP contribution in [0.4, 0.5) is 17.5 Å². The summed E-state index contributed by atoms with van der Waals surface area (Å²) in [5, 5.41) is 23.9. The van der Waals surface area contributed by atoms with Crippen LogP contribution in [0.1, 0.15) is 10.4 Å². The standard InChI is InChI=1S/C22H21N9O4/c1-34-18-8-16(7-17(9-18)31-13-25-28-29-31)26-22-24-12-19(14-6-15(21(32)33)11-23-10-14)20(27-22)30-2-4-35-5-3-30/h6-13H,2-5H2,1H3,(H,32,33)(H,24,26,27). The topological polar surface area (TPSA) is 153 Å². The van der Waals surface area contributed by atoms with Crippen molar-refractivity contribution < 1.29 is 19.4 Å². The minimum absolute atomic E-state index is 0.0872. The van der Waals surface area contributed by atoms with Crippen molar-refractivity contribution in [1.29, 1.82) is 0 Å². The number of carboxylic acid groups (broad SMARTS) is 1. The number of hydrogen-bond donors (Lipinski definition) is 2. The van der Waals surface area contributed by atoms with Crippen LogP contribution in [0.5, 0.6) is 5.75 Å². The average Bonchev–Trinajstić information content (AvgIpc) is 3.44. The summed E-state index contributed by atoms with van der Waals surface area (Å²) in [6.07, 6.45) is 6.05. The summed E-state index contributed by atoms with van der Waals surface area (Å²) in [6, 6.07) is 7.00. The summed E-state index contributed by atoms with van der Waals surface area (Å²) in [6.45, 7) is 2.39. The monoisotopic (exact) mass is 475 g/mol. The van der Waals surface area contributed by atoms with Gasteiger partial charge >= 0.3 is 5.97 Å². The summed E-state index contributed by atoms with van der Waals surface area (Å²) in [7, 11) is 1.57. The quantitative estimate of drug-likeness (QED) is 0.400. The Labute approximate surface area is 199 Å². The molecule has 0 bridgehead atoms. The van der Waals surface area contributed by atoms with Gasteiger partial charge in [0.25, 0.3) is 0 Å². The second-order valence-corrected chi connectivity index (χ2v) is 7.60. The Morgan fingerprint density at radius 3 is 2.74 bits per heavy atom. The molecule has 0 aliphatic carbocycles. The van der Waals surface area contributed by atoms with Gasteiger partial charge in [0, 0.05) is 60.6 Å². The number of methoxy groups -OCH3 is 1. The van der Waals surface area contributed by atoms with Crippen LogP contribution in [0.2, 0.25) is 0 Å². The van der Waals surface area contributed by atoms with Crippen molar-refractivity contribution in [2.75, 3.05) is 43.6 Å². The fourth-order valence-electron chi connectivity index (χ4n) is 3.67. The molecule has 4 aromatic rings. The molecule has 35 heavy (non-hydrogen) atoms. The van der Waals surface area contributed by atoms with E-state index < -0.39 is 5.97 Å². The number of tetrazole rings is 1. The molecule has 2 N–H and O–H groups in total. The van der Waals surface area contributed by atoms with Gasteiger partial charge < -0.3 is 24.8 Å². The molecule has 5 rings (SSSR count). The molecule has 3 aromatic heterocycles. The zero-order valence-corrected chi connectivity index (χ0v) is 18.7. The zero-order valence-electron chi connectivity index (χ0n) is 18.7. The lowest BCUT2D eigenvalue weighted by Gasteiger charge is -2.29. The largest absolute Gasteiger partial charge is 0.497 e. The maximum Gasteiger partial charge on any atom is 0.337 e. The van der Waals surface area contributed by atoms with Crippen LogP contribution in [-0.4, -0.2) is 79.6 Å². The molecular formula is C22H21N9O4. The Bertz CT molecular complexity index is 1340. The van der Waals surface area contributed by atoms with Crippen molar-refractivity contribution in [3.05, 3.63) is 54.7 Å². The lowest BCUT2D eigenvalue weighted by Crippen LogP contribution is -2.37. The lowest BCUT2D eigenvalue weighted by molar-refractivity contribution is 0.0696. The number of morpholine rings is 1. The minimum atomic E-state index is -1.05. The number of nitrogens with one attached hydrogen (secondary N) is 1. The molecule has 0 amide bonds. The number of benzene rings is 1. The van der Waals surface area contributed by atoms with E-state index in [0.717, 1.165) is 0 Å². The Hall–Kier alpha value is -4.65. The minimum Gasteiger partial charge on any atom is -0.497 e. The van der Waals surface area contributed by atoms with Gasteiger partial charge in [0.15, 0.2) is 0 Å². The van der Waals surface area contributed by atoms with Gasteiger partial charge in [-0.05, 0) is 22.6 Å². The highest BCUT2D eigenvalue weighted by atomic mass is 16.5. The van der Waals surface area contributed by atoms with Gasteiger partial charge in [0.1, 0.15) is 17.9 Å². The fraction of sp³-hybridized carbons (Fsp3) is 0.227. The van der Waals surface area contributed by atoms with Crippen LogP contribution in [0.3, 0.4) is 0 Å². The first-order chi connectivity index (χ1) is 17.1. The van der Waals surface area contributed by atoms with Crippen molar-refractivity contribution in [2.45, 2.75) is 0 Å². The Morgan fingerprint density at radius 2 is 2.00 bits per heavy atom. The third-order valence-corrected chi connectivity index (χ3v) is 5.37. The summed E-state index contributed by atoms with van der Waals surface area (Å²) in [5.41, 5.74) is 2.74. The molecule has 1 aliphatic heterocycles. The smallest absolute Gasteiger partial charge is 0.337 e. The second kappa shape index (κ2) is 9.69. The normalized spacial score (nSPS) is 13.5. The summed E-state index contributed by atoms with van der Waals surface area (Å²) in [5.74, 6) is 0.553. The van der Waals surface area contributed by atoms with Gasteiger partial charge in [0.2, 0.25) is 5.95 Å². The van der Waals surface area contributed by atoms with E-state index in [1.54, 1.807) is 37.7 Å². The van der Waals surface area contributed by atoms with E-state index in [0.29, 0.717) is 66.3 Å². The average molecular weight is 475 g/mol.